The number of rotatable bonds is 13. The summed E-state index contributed by atoms with van der Waals surface area (Å²) >= 11 is 0. The number of ether oxygens (including phenoxy) is 1. The number of halogens is 3. The first-order valence-corrected chi connectivity index (χ1v) is 11.0. The van der Waals surface area contributed by atoms with E-state index in [9.17, 15) is 22.8 Å². The summed E-state index contributed by atoms with van der Waals surface area (Å²) in [5.74, 6) is -0.267. The van der Waals surface area contributed by atoms with E-state index in [0.717, 1.165) is 12.5 Å². The zero-order valence-corrected chi connectivity index (χ0v) is 17.7. The Labute approximate surface area is 173 Å². The van der Waals surface area contributed by atoms with E-state index >= 15 is 0 Å². The third-order valence-electron chi connectivity index (χ3n) is 4.27. The molecule has 5 N–H and O–H groups in total. The van der Waals surface area contributed by atoms with Crippen LogP contribution in [-0.4, -0.2) is 40.3 Å². The predicted octanol–water partition coefficient (Wildman–Crippen LogP) is 3.56. The molecule has 0 radical (unpaired) electrons. The number of allylic oxidation sites excluding steroid dienone is 2. The third kappa shape index (κ3) is 10.1. The molecule has 0 amide bonds. The second kappa shape index (κ2) is 11.8. The van der Waals surface area contributed by atoms with Gasteiger partial charge in [0.25, 0.3) is 0 Å². The van der Waals surface area contributed by atoms with Crippen molar-refractivity contribution in [2.24, 2.45) is 5.73 Å². The number of hydrogen-bond donors (Lipinski definition) is 4. The maximum absolute atomic E-state index is 13.4. The van der Waals surface area contributed by atoms with Crippen molar-refractivity contribution < 1.29 is 41.9 Å². The number of phosphoric acid groups is 1. The highest BCUT2D eigenvalue weighted by Gasteiger charge is 2.35. The van der Waals surface area contributed by atoms with E-state index in [2.05, 4.69) is 4.52 Å². The van der Waals surface area contributed by atoms with Crippen LogP contribution < -0.4 is 10.5 Å². The van der Waals surface area contributed by atoms with E-state index in [1.807, 2.05) is 19.1 Å². The fraction of sp³-hybridized carbons (Fsp3) is 0.579. The second-order valence-corrected chi connectivity index (χ2v) is 8.22. The smallest absolute Gasteiger partial charge is 0.469 e. The van der Waals surface area contributed by atoms with Crippen LogP contribution in [0.15, 0.2) is 30.4 Å². The molecule has 1 aromatic carbocycles. The van der Waals surface area contributed by atoms with Crippen LogP contribution >= 0.6 is 7.82 Å². The minimum atomic E-state index is -4.79. The van der Waals surface area contributed by atoms with E-state index in [1.165, 1.54) is 12.1 Å². The van der Waals surface area contributed by atoms with Gasteiger partial charge < -0.3 is 25.4 Å². The van der Waals surface area contributed by atoms with Crippen LogP contribution in [0, 0.1) is 0 Å². The van der Waals surface area contributed by atoms with Gasteiger partial charge >= 0.3 is 14.0 Å². The number of benzene rings is 1. The maximum Gasteiger partial charge on any atom is 0.469 e. The van der Waals surface area contributed by atoms with Gasteiger partial charge in [-0.05, 0) is 49.8 Å². The first-order valence-electron chi connectivity index (χ1n) is 9.48. The van der Waals surface area contributed by atoms with Crippen molar-refractivity contribution in [3.63, 3.8) is 0 Å². The van der Waals surface area contributed by atoms with Gasteiger partial charge in [-0.1, -0.05) is 25.1 Å². The van der Waals surface area contributed by atoms with Gasteiger partial charge in [0.15, 0.2) is 0 Å². The van der Waals surface area contributed by atoms with Gasteiger partial charge in [0.05, 0.1) is 30.9 Å². The Balaban J connectivity index is 2.82. The van der Waals surface area contributed by atoms with Gasteiger partial charge in [-0.2, -0.15) is 13.2 Å². The summed E-state index contributed by atoms with van der Waals surface area (Å²) in [6.07, 6.45) is 1.49. The summed E-state index contributed by atoms with van der Waals surface area (Å²) < 4.78 is 60.8. The standard InChI is InChI=1S/C19H29F3NO6P/c1-2-3-4-5-6-11-28-17-8-7-15(12-16(17)19(20,21)22)9-10-18(23,13-24)14-29-30(25,26)27/h3-4,7-8,12,24H,2,5-6,9-11,13-14,23H2,1H3,(H2,25,26,27)/b4-3-. The molecule has 0 bridgehead atoms. The Morgan fingerprint density at radius 1 is 1.23 bits per heavy atom. The van der Waals surface area contributed by atoms with Crippen LogP contribution in [-0.2, 0) is 21.7 Å². The lowest BCUT2D eigenvalue weighted by Crippen LogP contribution is -2.48. The molecule has 1 atom stereocenters. The Kier molecular flexibility index (Phi) is 10.5. The average Bonchev–Trinajstić information content (AvgIpc) is 2.66. The molecule has 0 aliphatic heterocycles. The molecule has 30 heavy (non-hydrogen) atoms. The van der Waals surface area contributed by atoms with E-state index in [1.54, 1.807) is 0 Å². The van der Waals surface area contributed by atoms with E-state index in [4.69, 9.17) is 20.3 Å². The van der Waals surface area contributed by atoms with Crippen molar-refractivity contribution in [1.82, 2.24) is 0 Å². The highest BCUT2D eigenvalue weighted by atomic mass is 31.2. The molecule has 0 saturated heterocycles. The summed E-state index contributed by atoms with van der Waals surface area (Å²) in [6, 6.07) is 3.65. The predicted molar refractivity (Wildman–Crippen MR) is 106 cm³/mol. The molecule has 0 heterocycles. The summed E-state index contributed by atoms with van der Waals surface area (Å²) in [6.45, 7) is 0.830. The van der Waals surface area contributed by atoms with Crippen molar-refractivity contribution in [3.05, 3.63) is 41.5 Å². The number of phosphoric ester groups is 1. The van der Waals surface area contributed by atoms with Gasteiger partial charge in [-0.25, -0.2) is 4.57 Å². The molecule has 0 fully saturated rings. The van der Waals surface area contributed by atoms with Crippen LogP contribution in [0.2, 0.25) is 0 Å². The number of nitrogens with two attached hydrogens (primary N) is 1. The summed E-state index contributed by atoms with van der Waals surface area (Å²) in [5.41, 5.74) is 3.71. The highest BCUT2D eigenvalue weighted by Crippen LogP contribution is 2.38. The molecule has 0 spiro atoms. The SMILES string of the molecule is CC/C=C\CCCOc1ccc(CCC(N)(CO)COP(=O)(O)O)cc1C(F)(F)F. The van der Waals surface area contributed by atoms with Gasteiger partial charge in [0.2, 0.25) is 0 Å². The van der Waals surface area contributed by atoms with Crippen molar-refractivity contribution in [1.29, 1.82) is 0 Å². The second-order valence-electron chi connectivity index (χ2n) is 6.98. The number of aryl methyl sites for hydroxylation is 1. The van der Waals surface area contributed by atoms with Gasteiger partial charge in [0, 0.05) is 0 Å². The largest absolute Gasteiger partial charge is 0.493 e. The number of alkyl halides is 3. The number of hydrogen-bond acceptors (Lipinski definition) is 5. The fourth-order valence-corrected chi connectivity index (χ4v) is 2.98. The molecule has 0 aromatic heterocycles. The fourth-order valence-electron chi connectivity index (χ4n) is 2.55. The van der Waals surface area contributed by atoms with E-state index < -0.39 is 38.3 Å². The van der Waals surface area contributed by atoms with Gasteiger partial charge in [-0.15, -0.1) is 0 Å². The zero-order chi connectivity index (χ0) is 22.8. The molecule has 11 heteroatoms. The Morgan fingerprint density at radius 2 is 1.93 bits per heavy atom. The van der Waals surface area contributed by atoms with Crippen LogP contribution in [0.4, 0.5) is 13.2 Å². The lowest BCUT2D eigenvalue weighted by Gasteiger charge is -2.27. The Morgan fingerprint density at radius 3 is 2.50 bits per heavy atom. The van der Waals surface area contributed by atoms with Gasteiger partial charge in [0.1, 0.15) is 5.75 Å². The van der Waals surface area contributed by atoms with Crippen LogP contribution in [0.5, 0.6) is 5.75 Å². The zero-order valence-electron chi connectivity index (χ0n) is 16.8. The molecule has 172 valence electrons. The monoisotopic (exact) mass is 455 g/mol. The number of aliphatic hydroxyl groups excluding tert-OH is 1. The Hall–Kier alpha value is -1.42. The first-order chi connectivity index (χ1) is 13.9. The average molecular weight is 455 g/mol. The molecule has 0 aliphatic rings. The van der Waals surface area contributed by atoms with Gasteiger partial charge in [-0.3, -0.25) is 4.52 Å². The molecular formula is C19H29F3NO6P. The lowest BCUT2D eigenvalue weighted by atomic mass is 9.93. The van der Waals surface area contributed by atoms with Crippen molar-refractivity contribution >= 4 is 7.82 Å². The molecule has 1 rings (SSSR count). The van der Waals surface area contributed by atoms with Crippen molar-refractivity contribution in [2.75, 3.05) is 19.8 Å². The molecule has 7 nitrogen and oxygen atoms in total. The van der Waals surface area contributed by atoms with Crippen LogP contribution in [0.1, 0.15) is 43.7 Å². The molecule has 0 saturated carbocycles. The first kappa shape index (κ1) is 26.6. The molecular weight excluding hydrogens is 426 g/mol. The highest BCUT2D eigenvalue weighted by molar-refractivity contribution is 7.46. The number of unbranched alkanes of at least 4 members (excludes halogenated alkanes) is 1. The topological polar surface area (TPSA) is 122 Å². The summed E-state index contributed by atoms with van der Waals surface area (Å²) in [4.78, 5) is 17.5. The van der Waals surface area contributed by atoms with Crippen LogP contribution in [0.25, 0.3) is 0 Å². The van der Waals surface area contributed by atoms with Crippen molar-refractivity contribution in [3.8, 4) is 5.75 Å². The van der Waals surface area contributed by atoms with E-state index in [0.29, 0.717) is 18.4 Å². The molecule has 1 unspecified atom stereocenters. The van der Waals surface area contributed by atoms with Crippen LogP contribution in [0.3, 0.4) is 0 Å². The Bertz CT molecular complexity index is 737. The van der Waals surface area contributed by atoms with E-state index in [-0.39, 0.29) is 25.2 Å². The summed E-state index contributed by atoms with van der Waals surface area (Å²) in [7, 11) is -4.79. The third-order valence-corrected chi connectivity index (χ3v) is 4.74. The molecule has 1 aromatic rings. The summed E-state index contributed by atoms with van der Waals surface area (Å²) in [5, 5.41) is 9.40. The normalized spacial score (nSPS) is 14.8. The lowest BCUT2D eigenvalue weighted by molar-refractivity contribution is -0.139. The quantitative estimate of drug-likeness (QED) is 0.204. The number of aliphatic hydroxyl groups is 1. The van der Waals surface area contributed by atoms with Crippen molar-refractivity contribution in [2.45, 2.75) is 50.7 Å². The minimum Gasteiger partial charge on any atom is -0.493 e. The molecule has 0 aliphatic carbocycles. The minimum absolute atomic E-state index is 0.0345. The maximum atomic E-state index is 13.4.